The number of halogens is 1. The quantitative estimate of drug-likeness (QED) is 0.719. The van der Waals surface area contributed by atoms with Crippen molar-refractivity contribution in [1.29, 1.82) is 0 Å². The van der Waals surface area contributed by atoms with Gasteiger partial charge in [0.15, 0.2) is 0 Å². The molecule has 116 valence electrons. The summed E-state index contributed by atoms with van der Waals surface area (Å²) in [5, 5.41) is 3.65. The molecule has 1 aromatic rings. The van der Waals surface area contributed by atoms with E-state index in [1.807, 2.05) is 0 Å². The molecule has 1 aliphatic heterocycles. The first kappa shape index (κ1) is 15.6. The van der Waals surface area contributed by atoms with E-state index in [-0.39, 0.29) is 0 Å². The highest BCUT2D eigenvalue weighted by Crippen LogP contribution is 2.57. The van der Waals surface area contributed by atoms with Gasteiger partial charge in [0.05, 0.1) is 0 Å². The van der Waals surface area contributed by atoms with Crippen LogP contribution in [0.5, 0.6) is 0 Å². The van der Waals surface area contributed by atoms with Gasteiger partial charge in [-0.1, -0.05) is 48.8 Å². The van der Waals surface area contributed by atoms with Gasteiger partial charge in [-0.15, -0.1) is 0 Å². The van der Waals surface area contributed by atoms with E-state index in [9.17, 15) is 0 Å². The number of hydrogen-bond donors (Lipinski definition) is 1. The van der Waals surface area contributed by atoms with E-state index in [0.717, 1.165) is 12.5 Å². The third-order valence-corrected chi connectivity index (χ3v) is 6.72. The van der Waals surface area contributed by atoms with Crippen LogP contribution in [0.3, 0.4) is 0 Å². The summed E-state index contributed by atoms with van der Waals surface area (Å²) in [4.78, 5) is 0. The van der Waals surface area contributed by atoms with Crippen LogP contribution in [0, 0.1) is 16.7 Å². The number of benzene rings is 1. The summed E-state index contributed by atoms with van der Waals surface area (Å²) in [6.45, 7) is 9.75. The van der Waals surface area contributed by atoms with E-state index in [2.05, 4.69) is 66.3 Å². The minimum absolute atomic E-state index is 0.509. The second-order valence-corrected chi connectivity index (χ2v) is 8.98. The maximum Gasteiger partial charge on any atom is 0.0175 e. The number of hydrogen-bond acceptors (Lipinski definition) is 1. The Morgan fingerprint density at radius 3 is 2.48 bits per heavy atom. The van der Waals surface area contributed by atoms with E-state index >= 15 is 0 Å². The summed E-state index contributed by atoms with van der Waals surface area (Å²) in [6, 6.07) is 9.07. The molecule has 0 aromatic heterocycles. The van der Waals surface area contributed by atoms with Crippen LogP contribution in [-0.2, 0) is 0 Å². The fourth-order valence-corrected chi connectivity index (χ4v) is 5.19. The van der Waals surface area contributed by atoms with Crippen LogP contribution in [0.2, 0.25) is 0 Å². The maximum absolute atomic E-state index is 3.65. The molecule has 1 N–H and O–H groups in total. The Morgan fingerprint density at radius 2 is 1.81 bits per heavy atom. The SMILES string of the molecule is CC1CC(C)(C)CCC12CCNCC2c1ccc(Br)cc1. The molecular formula is C19H28BrN. The van der Waals surface area contributed by atoms with Gasteiger partial charge in [0.25, 0.3) is 0 Å². The highest BCUT2D eigenvalue weighted by Gasteiger charge is 2.49. The highest BCUT2D eigenvalue weighted by atomic mass is 79.9. The molecule has 3 unspecified atom stereocenters. The smallest absolute Gasteiger partial charge is 0.0175 e. The second-order valence-electron chi connectivity index (χ2n) is 8.06. The van der Waals surface area contributed by atoms with E-state index in [0.29, 0.717) is 16.7 Å². The molecule has 21 heavy (non-hydrogen) atoms. The lowest BCUT2D eigenvalue weighted by Crippen LogP contribution is -2.50. The predicted octanol–water partition coefficient (Wildman–Crippen LogP) is 5.36. The van der Waals surface area contributed by atoms with Crippen molar-refractivity contribution in [2.75, 3.05) is 13.1 Å². The molecule has 0 bridgehead atoms. The topological polar surface area (TPSA) is 12.0 Å². The Bertz CT molecular complexity index is 493. The van der Waals surface area contributed by atoms with Crippen molar-refractivity contribution in [3.63, 3.8) is 0 Å². The van der Waals surface area contributed by atoms with Crippen molar-refractivity contribution in [3.8, 4) is 0 Å². The van der Waals surface area contributed by atoms with Crippen molar-refractivity contribution < 1.29 is 0 Å². The number of rotatable bonds is 1. The van der Waals surface area contributed by atoms with Gasteiger partial charge in [0, 0.05) is 16.9 Å². The monoisotopic (exact) mass is 349 g/mol. The van der Waals surface area contributed by atoms with Crippen molar-refractivity contribution in [3.05, 3.63) is 34.3 Å². The molecule has 2 fully saturated rings. The van der Waals surface area contributed by atoms with Crippen LogP contribution in [0.25, 0.3) is 0 Å². The molecule has 3 atom stereocenters. The Balaban J connectivity index is 1.92. The summed E-state index contributed by atoms with van der Waals surface area (Å²) >= 11 is 3.57. The van der Waals surface area contributed by atoms with Crippen LogP contribution >= 0.6 is 15.9 Å². The van der Waals surface area contributed by atoms with Gasteiger partial charge in [-0.3, -0.25) is 0 Å². The molecule has 3 rings (SSSR count). The van der Waals surface area contributed by atoms with Crippen molar-refractivity contribution in [2.24, 2.45) is 16.7 Å². The molecule has 0 radical (unpaired) electrons. The third-order valence-electron chi connectivity index (χ3n) is 6.19. The van der Waals surface area contributed by atoms with E-state index < -0.39 is 0 Å². The zero-order valence-corrected chi connectivity index (χ0v) is 15.2. The minimum Gasteiger partial charge on any atom is -0.316 e. The zero-order chi connectivity index (χ0) is 15.1. The van der Waals surface area contributed by atoms with Crippen LogP contribution in [0.15, 0.2) is 28.7 Å². The summed E-state index contributed by atoms with van der Waals surface area (Å²) < 4.78 is 1.18. The zero-order valence-electron chi connectivity index (χ0n) is 13.6. The first-order valence-electron chi connectivity index (χ1n) is 8.39. The summed E-state index contributed by atoms with van der Waals surface area (Å²) in [5.74, 6) is 1.49. The average molecular weight is 350 g/mol. The van der Waals surface area contributed by atoms with Crippen LogP contribution in [0.4, 0.5) is 0 Å². The molecule has 1 aliphatic carbocycles. The highest BCUT2D eigenvalue weighted by molar-refractivity contribution is 9.10. The maximum atomic E-state index is 3.65. The summed E-state index contributed by atoms with van der Waals surface area (Å²) in [6.07, 6.45) is 5.49. The lowest BCUT2D eigenvalue weighted by Gasteiger charge is -2.55. The van der Waals surface area contributed by atoms with E-state index in [1.165, 1.54) is 42.3 Å². The Hall–Kier alpha value is -0.340. The fourth-order valence-electron chi connectivity index (χ4n) is 4.93. The predicted molar refractivity (Wildman–Crippen MR) is 93.6 cm³/mol. The van der Waals surface area contributed by atoms with Crippen molar-refractivity contribution in [1.82, 2.24) is 5.32 Å². The molecule has 1 saturated carbocycles. The molecular weight excluding hydrogens is 322 g/mol. The average Bonchev–Trinajstić information content (AvgIpc) is 2.45. The van der Waals surface area contributed by atoms with Crippen molar-refractivity contribution in [2.45, 2.75) is 52.4 Å². The standard InChI is InChI=1S/C19H28BrN/c1-14-12-18(2,3)8-9-19(14)10-11-21-13-17(19)15-4-6-16(20)7-5-15/h4-7,14,17,21H,8-13H2,1-3H3. The molecule has 1 spiro atoms. The molecule has 1 aromatic carbocycles. The Kier molecular flexibility index (Phi) is 4.22. The normalized spacial score (nSPS) is 35.8. The van der Waals surface area contributed by atoms with Crippen LogP contribution < -0.4 is 5.32 Å². The van der Waals surface area contributed by atoms with Gasteiger partial charge in [-0.05, 0) is 66.7 Å². The van der Waals surface area contributed by atoms with E-state index in [4.69, 9.17) is 0 Å². The molecule has 1 nitrogen and oxygen atoms in total. The van der Waals surface area contributed by atoms with Gasteiger partial charge in [-0.2, -0.15) is 0 Å². The summed E-state index contributed by atoms with van der Waals surface area (Å²) in [5.41, 5.74) is 2.56. The van der Waals surface area contributed by atoms with Gasteiger partial charge >= 0.3 is 0 Å². The van der Waals surface area contributed by atoms with Gasteiger partial charge in [0.2, 0.25) is 0 Å². The summed E-state index contributed by atoms with van der Waals surface area (Å²) in [7, 11) is 0. The Morgan fingerprint density at radius 1 is 1.10 bits per heavy atom. The molecule has 1 saturated heterocycles. The van der Waals surface area contributed by atoms with Gasteiger partial charge in [0.1, 0.15) is 0 Å². The largest absolute Gasteiger partial charge is 0.316 e. The lowest BCUT2D eigenvalue weighted by atomic mass is 9.52. The first-order valence-corrected chi connectivity index (χ1v) is 9.18. The first-order chi connectivity index (χ1) is 9.93. The van der Waals surface area contributed by atoms with Crippen LogP contribution in [0.1, 0.15) is 57.9 Å². The number of piperidine rings is 1. The molecule has 2 aliphatic rings. The van der Waals surface area contributed by atoms with Gasteiger partial charge < -0.3 is 5.32 Å². The lowest BCUT2D eigenvalue weighted by molar-refractivity contribution is -0.00701. The third kappa shape index (κ3) is 2.94. The van der Waals surface area contributed by atoms with Crippen LogP contribution in [-0.4, -0.2) is 13.1 Å². The Labute approximate surface area is 138 Å². The molecule has 2 heteroatoms. The second kappa shape index (κ2) is 5.70. The van der Waals surface area contributed by atoms with Gasteiger partial charge in [-0.25, -0.2) is 0 Å². The minimum atomic E-state index is 0.509. The van der Waals surface area contributed by atoms with E-state index in [1.54, 1.807) is 0 Å². The molecule has 1 heterocycles. The number of nitrogens with one attached hydrogen (secondary N) is 1. The fraction of sp³-hybridized carbons (Fsp3) is 0.684. The van der Waals surface area contributed by atoms with Crippen molar-refractivity contribution >= 4 is 15.9 Å². The molecule has 0 amide bonds.